The smallest absolute Gasteiger partial charge is 0.336 e. The first-order valence-corrected chi connectivity index (χ1v) is 8.18. The van der Waals surface area contributed by atoms with Gasteiger partial charge in [-0.15, -0.1) is 0 Å². The molecular weight excluding hydrogens is 332 g/mol. The third kappa shape index (κ3) is 5.70. The van der Waals surface area contributed by atoms with Crippen LogP contribution in [-0.4, -0.2) is 11.9 Å². The van der Waals surface area contributed by atoms with Gasteiger partial charge in [0, 0.05) is 13.0 Å². The van der Waals surface area contributed by atoms with Gasteiger partial charge in [0.25, 0.3) is 0 Å². The third-order valence-corrected chi connectivity index (χ3v) is 3.51. The van der Waals surface area contributed by atoms with Gasteiger partial charge in [-0.25, -0.2) is 4.79 Å². The molecule has 5 nitrogen and oxygen atoms in total. The number of ether oxygens (including phenoxy) is 2. The molecule has 0 bridgehead atoms. The second kappa shape index (κ2) is 8.76. The first kappa shape index (κ1) is 19.1. The van der Waals surface area contributed by atoms with Crippen LogP contribution < -0.4 is 14.9 Å². The summed E-state index contributed by atoms with van der Waals surface area (Å²) in [5.41, 5.74) is 1.27. The van der Waals surface area contributed by atoms with Gasteiger partial charge in [0.2, 0.25) is 5.43 Å². The van der Waals surface area contributed by atoms with Gasteiger partial charge < -0.3 is 9.47 Å². The van der Waals surface area contributed by atoms with Crippen LogP contribution in [0.15, 0.2) is 59.4 Å². The minimum Gasteiger partial charge on any atom is -0.427 e. The van der Waals surface area contributed by atoms with E-state index in [1.807, 2.05) is 19.9 Å². The van der Waals surface area contributed by atoms with Crippen molar-refractivity contribution in [1.82, 2.24) is 0 Å². The monoisotopic (exact) mass is 352 g/mol. The SMILES string of the molecule is CC(=O)Oc1ccc(/C=C/C(=O)Oc2cc(C(C)C)cccc2=O)cc1. The Bertz CT molecular complexity index is 880. The molecule has 0 heterocycles. The van der Waals surface area contributed by atoms with E-state index < -0.39 is 11.9 Å². The maximum absolute atomic E-state index is 12.0. The molecule has 5 heteroatoms. The summed E-state index contributed by atoms with van der Waals surface area (Å²) >= 11 is 0. The van der Waals surface area contributed by atoms with Crippen LogP contribution >= 0.6 is 0 Å². The fraction of sp³-hybridized carbons (Fsp3) is 0.190. The number of carbonyl (C=O) groups is 2. The molecule has 0 fully saturated rings. The Morgan fingerprint density at radius 3 is 2.31 bits per heavy atom. The summed E-state index contributed by atoms with van der Waals surface area (Å²) in [6.07, 6.45) is 2.79. The maximum atomic E-state index is 12.0. The van der Waals surface area contributed by atoms with Crippen molar-refractivity contribution in [3.8, 4) is 11.5 Å². The minimum atomic E-state index is -0.646. The highest BCUT2D eigenvalue weighted by Crippen LogP contribution is 2.17. The average Bonchev–Trinajstić information content (AvgIpc) is 2.76. The average molecular weight is 352 g/mol. The van der Waals surface area contributed by atoms with Crippen LogP contribution in [0.25, 0.3) is 6.08 Å². The maximum Gasteiger partial charge on any atom is 0.336 e. The molecule has 2 aromatic rings. The lowest BCUT2D eigenvalue weighted by Crippen LogP contribution is -2.10. The van der Waals surface area contributed by atoms with Crippen LogP contribution in [0, 0.1) is 0 Å². The highest BCUT2D eigenvalue weighted by Gasteiger charge is 2.07. The summed E-state index contributed by atoms with van der Waals surface area (Å²) in [6.45, 7) is 5.30. The summed E-state index contributed by atoms with van der Waals surface area (Å²) in [4.78, 5) is 34.9. The zero-order chi connectivity index (χ0) is 19.1. The predicted octanol–water partition coefficient (Wildman–Crippen LogP) is 3.71. The first-order chi connectivity index (χ1) is 12.3. The summed E-state index contributed by atoms with van der Waals surface area (Å²) in [7, 11) is 0. The molecule has 0 aliphatic heterocycles. The fourth-order valence-corrected chi connectivity index (χ4v) is 2.16. The normalized spacial score (nSPS) is 10.8. The number of esters is 2. The Morgan fingerprint density at radius 1 is 1.00 bits per heavy atom. The van der Waals surface area contributed by atoms with E-state index in [-0.39, 0.29) is 17.1 Å². The summed E-state index contributed by atoms with van der Waals surface area (Å²) < 4.78 is 10.1. The van der Waals surface area contributed by atoms with E-state index in [9.17, 15) is 14.4 Å². The van der Waals surface area contributed by atoms with Crippen LogP contribution in [0.4, 0.5) is 0 Å². The van der Waals surface area contributed by atoms with E-state index >= 15 is 0 Å². The summed E-state index contributed by atoms with van der Waals surface area (Å²) in [5, 5.41) is 0. The first-order valence-electron chi connectivity index (χ1n) is 8.18. The minimum absolute atomic E-state index is 0.00134. The molecule has 0 N–H and O–H groups in total. The highest BCUT2D eigenvalue weighted by molar-refractivity contribution is 5.88. The van der Waals surface area contributed by atoms with E-state index in [2.05, 4.69) is 0 Å². The molecule has 0 aliphatic rings. The molecule has 0 atom stereocenters. The van der Waals surface area contributed by atoms with Crippen molar-refractivity contribution in [2.45, 2.75) is 26.7 Å². The molecule has 0 unspecified atom stereocenters. The van der Waals surface area contributed by atoms with E-state index in [1.54, 1.807) is 42.5 Å². The van der Waals surface area contributed by atoms with Crippen molar-refractivity contribution in [3.05, 3.63) is 76.0 Å². The van der Waals surface area contributed by atoms with Crippen molar-refractivity contribution >= 4 is 18.0 Å². The van der Waals surface area contributed by atoms with Gasteiger partial charge >= 0.3 is 11.9 Å². The standard InChI is InChI=1S/C21H20O5/c1-14(2)17-5-4-6-19(23)20(13-17)26-21(24)12-9-16-7-10-18(11-8-16)25-15(3)22/h4-14H,1-3H3/b12-9+. The third-order valence-electron chi connectivity index (χ3n) is 3.51. The van der Waals surface area contributed by atoms with Gasteiger partial charge in [-0.3, -0.25) is 9.59 Å². The van der Waals surface area contributed by atoms with E-state index in [4.69, 9.17) is 9.47 Å². The molecule has 0 aliphatic carbocycles. The number of hydrogen-bond donors (Lipinski definition) is 0. The summed E-state index contributed by atoms with van der Waals surface area (Å²) in [6, 6.07) is 13.1. The van der Waals surface area contributed by atoms with Gasteiger partial charge in [-0.1, -0.05) is 38.1 Å². The zero-order valence-electron chi connectivity index (χ0n) is 14.9. The van der Waals surface area contributed by atoms with E-state index in [1.165, 1.54) is 19.1 Å². The summed E-state index contributed by atoms with van der Waals surface area (Å²) in [5.74, 6) is -0.426. The van der Waals surface area contributed by atoms with Gasteiger partial charge in [-0.2, -0.15) is 0 Å². The van der Waals surface area contributed by atoms with Crippen LogP contribution in [0.2, 0.25) is 0 Å². The number of hydrogen-bond acceptors (Lipinski definition) is 5. The van der Waals surface area contributed by atoms with Gasteiger partial charge in [0.15, 0.2) is 5.75 Å². The molecule has 134 valence electrons. The molecule has 2 aromatic carbocycles. The lowest BCUT2D eigenvalue weighted by atomic mass is 10.1. The van der Waals surface area contributed by atoms with Crippen molar-refractivity contribution in [1.29, 1.82) is 0 Å². The second-order valence-corrected chi connectivity index (χ2v) is 5.97. The Balaban J connectivity index is 2.10. The van der Waals surface area contributed by atoms with Gasteiger partial charge in [0.1, 0.15) is 5.75 Å². The predicted molar refractivity (Wildman–Crippen MR) is 99.2 cm³/mol. The van der Waals surface area contributed by atoms with Gasteiger partial charge in [-0.05, 0) is 47.4 Å². The van der Waals surface area contributed by atoms with Crippen LogP contribution in [0.5, 0.6) is 11.5 Å². The second-order valence-electron chi connectivity index (χ2n) is 5.97. The van der Waals surface area contributed by atoms with E-state index in [0.717, 1.165) is 11.1 Å². The largest absolute Gasteiger partial charge is 0.427 e. The lowest BCUT2D eigenvalue weighted by molar-refractivity contribution is -0.132. The fourth-order valence-electron chi connectivity index (χ4n) is 2.16. The van der Waals surface area contributed by atoms with Crippen molar-refractivity contribution in [3.63, 3.8) is 0 Å². The Labute approximate surface area is 151 Å². The highest BCUT2D eigenvalue weighted by atomic mass is 16.5. The molecule has 0 aromatic heterocycles. The molecular formula is C21H20O5. The Morgan fingerprint density at radius 2 is 1.69 bits per heavy atom. The Hall–Kier alpha value is -3.21. The van der Waals surface area contributed by atoms with Crippen LogP contribution in [-0.2, 0) is 9.59 Å². The molecule has 0 amide bonds. The number of carbonyl (C=O) groups excluding carboxylic acids is 2. The van der Waals surface area contributed by atoms with Crippen LogP contribution in [0.1, 0.15) is 37.8 Å². The van der Waals surface area contributed by atoms with Crippen LogP contribution in [0.3, 0.4) is 0 Å². The van der Waals surface area contributed by atoms with E-state index in [0.29, 0.717) is 5.75 Å². The number of benzene rings is 1. The van der Waals surface area contributed by atoms with Crippen molar-refractivity contribution in [2.75, 3.05) is 0 Å². The molecule has 26 heavy (non-hydrogen) atoms. The number of rotatable bonds is 5. The van der Waals surface area contributed by atoms with Crippen molar-refractivity contribution < 1.29 is 19.1 Å². The topological polar surface area (TPSA) is 69.7 Å². The molecule has 0 saturated carbocycles. The quantitative estimate of drug-likeness (QED) is 0.466. The molecule has 0 radical (unpaired) electrons. The lowest BCUT2D eigenvalue weighted by Gasteiger charge is -2.03. The van der Waals surface area contributed by atoms with Crippen molar-refractivity contribution in [2.24, 2.45) is 0 Å². The molecule has 0 saturated heterocycles. The Kier molecular flexibility index (Phi) is 6.44. The van der Waals surface area contributed by atoms with Gasteiger partial charge in [0.05, 0.1) is 0 Å². The molecule has 2 rings (SSSR count). The molecule has 0 spiro atoms. The zero-order valence-corrected chi connectivity index (χ0v) is 14.9.